The topological polar surface area (TPSA) is 100 Å². The average molecular weight is 389 g/mol. The van der Waals surface area contributed by atoms with Crippen LogP contribution in [0.25, 0.3) is 28.7 Å². The fourth-order valence-electron chi connectivity index (χ4n) is 2.93. The molecule has 2 aromatic heterocycles. The minimum atomic E-state index is -0.612. The molecule has 8 nitrogen and oxygen atoms in total. The van der Waals surface area contributed by atoms with E-state index in [1.165, 1.54) is 22.8 Å². The van der Waals surface area contributed by atoms with Crippen molar-refractivity contribution in [2.75, 3.05) is 7.11 Å². The second-order valence-corrected chi connectivity index (χ2v) is 6.09. The number of ether oxygens (including phenoxy) is 1. The van der Waals surface area contributed by atoms with Crippen molar-refractivity contribution in [1.29, 1.82) is 0 Å². The molecule has 29 heavy (non-hydrogen) atoms. The number of rotatable bonds is 5. The van der Waals surface area contributed by atoms with Crippen LogP contribution in [0, 0.1) is 10.1 Å². The van der Waals surface area contributed by atoms with Crippen LogP contribution in [0.3, 0.4) is 0 Å². The minimum Gasteiger partial charge on any atom is -0.497 e. The predicted octanol–water partition coefficient (Wildman–Crippen LogP) is 4.07. The SMILES string of the molecule is COc1ccc(-n2c(C=Cc3ccc([N+](=O)[O-])o3)nc3ccccc3c2=O)cc1. The summed E-state index contributed by atoms with van der Waals surface area (Å²) in [6.07, 6.45) is 3.12. The number of hydrogen-bond acceptors (Lipinski definition) is 6. The number of furan rings is 1. The largest absolute Gasteiger partial charge is 0.497 e. The lowest BCUT2D eigenvalue weighted by Crippen LogP contribution is -2.22. The summed E-state index contributed by atoms with van der Waals surface area (Å²) in [6.45, 7) is 0. The van der Waals surface area contributed by atoms with Gasteiger partial charge in [-0.3, -0.25) is 19.5 Å². The van der Waals surface area contributed by atoms with E-state index in [1.807, 2.05) is 0 Å². The Morgan fingerprint density at radius 1 is 1.07 bits per heavy atom. The lowest BCUT2D eigenvalue weighted by molar-refractivity contribution is -0.402. The number of hydrogen-bond donors (Lipinski definition) is 0. The maximum Gasteiger partial charge on any atom is 0.433 e. The van der Waals surface area contributed by atoms with Crippen molar-refractivity contribution in [2.24, 2.45) is 0 Å². The van der Waals surface area contributed by atoms with Gasteiger partial charge in [-0.25, -0.2) is 4.98 Å². The van der Waals surface area contributed by atoms with Crippen LogP contribution in [0.4, 0.5) is 5.88 Å². The maximum absolute atomic E-state index is 13.2. The van der Waals surface area contributed by atoms with E-state index in [0.717, 1.165) is 0 Å². The molecule has 0 atom stereocenters. The van der Waals surface area contributed by atoms with Crippen LogP contribution >= 0.6 is 0 Å². The van der Waals surface area contributed by atoms with Crippen molar-refractivity contribution in [2.45, 2.75) is 0 Å². The summed E-state index contributed by atoms with van der Waals surface area (Å²) in [5, 5.41) is 11.3. The van der Waals surface area contributed by atoms with E-state index in [1.54, 1.807) is 61.7 Å². The number of nitro groups is 1. The monoisotopic (exact) mass is 389 g/mol. The zero-order chi connectivity index (χ0) is 20.4. The summed E-state index contributed by atoms with van der Waals surface area (Å²) in [7, 11) is 1.56. The van der Waals surface area contributed by atoms with Gasteiger partial charge < -0.3 is 9.15 Å². The normalized spacial score (nSPS) is 11.2. The molecular formula is C21H15N3O5. The Labute approximate surface area is 164 Å². The summed E-state index contributed by atoms with van der Waals surface area (Å²) in [4.78, 5) is 27.9. The van der Waals surface area contributed by atoms with Gasteiger partial charge in [0.1, 0.15) is 22.3 Å². The van der Waals surface area contributed by atoms with E-state index in [0.29, 0.717) is 28.2 Å². The van der Waals surface area contributed by atoms with Crippen LogP contribution in [-0.4, -0.2) is 21.6 Å². The quantitative estimate of drug-likeness (QED) is 0.377. The van der Waals surface area contributed by atoms with Crippen molar-refractivity contribution < 1.29 is 14.1 Å². The first-order chi connectivity index (χ1) is 14.1. The molecular weight excluding hydrogens is 374 g/mol. The standard InChI is InChI=1S/C21H15N3O5/c1-28-15-8-6-14(7-9-15)23-19(12-10-16-11-13-20(29-16)24(26)27)22-18-5-3-2-4-17(18)21(23)25/h2-13H,1H3. The van der Waals surface area contributed by atoms with Crippen LogP contribution in [0.1, 0.15) is 11.6 Å². The highest BCUT2D eigenvalue weighted by atomic mass is 16.6. The van der Waals surface area contributed by atoms with E-state index in [2.05, 4.69) is 4.98 Å². The average Bonchev–Trinajstić information content (AvgIpc) is 3.22. The van der Waals surface area contributed by atoms with Gasteiger partial charge in [0.2, 0.25) is 0 Å². The van der Waals surface area contributed by atoms with Gasteiger partial charge in [-0.2, -0.15) is 0 Å². The Hall–Kier alpha value is -4.20. The van der Waals surface area contributed by atoms with Gasteiger partial charge in [0.25, 0.3) is 5.56 Å². The molecule has 4 rings (SSSR count). The van der Waals surface area contributed by atoms with Crippen LogP contribution in [-0.2, 0) is 0 Å². The first kappa shape index (κ1) is 18.2. The second-order valence-electron chi connectivity index (χ2n) is 6.09. The molecule has 0 fully saturated rings. The third-order valence-corrected chi connectivity index (χ3v) is 4.32. The van der Waals surface area contributed by atoms with Gasteiger partial charge in [-0.15, -0.1) is 0 Å². The van der Waals surface area contributed by atoms with Gasteiger partial charge in [0.05, 0.1) is 29.8 Å². The molecule has 0 aliphatic rings. The molecule has 0 saturated carbocycles. The number of para-hydroxylation sites is 1. The molecule has 0 saturated heterocycles. The van der Waals surface area contributed by atoms with Crippen molar-refractivity contribution in [3.8, 4) is 11.4 Å². The minimum absolute atomic E-state index is 0.231. The van der Waals surface area contributed by atoms with Crippen LogP contribution in [0.2, 0.25) is 0 Å². The summed E-state index contributed by atoms with van der Waals surface area (Å²) >= 11 is 0. The molecule has 4 aromatic rings. The molecule has 0 unspecified atom stereocenters. The number of fused-ring (bicyclic) bond motifs is 1. The van der Waals surface area contributed by atoms with Gasteiger partial charge in [-0.05, 0) is 54.6 Å². The van der Waals surface area contributed by atoms with Crippen LogP contribution < -0.4 is 10.3 Å². The first-order valence-electron chi connectivity index (χ1n) is 8.65. The van der Waals surface area contributed by atoms with Gasteiger partial charge in [-0.1, -0.05) is 12.1 Å². The summed E-state index contributed by atoms with van der Waals surface area (Å²) in [5.41, 5.74) is 0.928. The van der Waals surface area contributed by atoms with E-state index in [4.69, 9.17) is 9.15 Å². The van der Waals surface area contributed by atoms with Crippen LogP contribution in [0.15, 0.2) is 69.9 Å². The zero-order valence-corrected chi connectivity index (χ0v) is 15.3. The molecule has 0 aliphatic heterocycles. The highest BCUT2D eigenvalue weighted by molar-refractivity contribution is 5.79. The summed E-state index contributed by atoms with van der Waals surface area (Å²) in [5.74, 6) is 0.942. The maximum atomic E-state index is 13.2. The fourth-order valence-corrected chi connectivity index (χ4v) is 2.93. The van der Waals surface area contributed by atoms with E-state index in [-0.39, 0.29) is 17.2 Å². The number of aromatic nitrogens is 2. The highest BCUT2D eigenvalue weighted by Gasteiger charge is 2.13. The molecule has 8 heteroatoms. The third-order valence-electron chi connectivity index (χ3n) is 4.32. The van der Waals surface area contributed by atoms with Gasteiger partial charge >= 0.3 is 5.88 Å². The highest BCUT2D eigenvalue weighted by Crippen LogP contribution is 2.20. The number of nitrogens with zero attached hydrogens (tertiary/aromatic N) is 3. The Bertz CT molecular complexity index is 1290. The van der Waals surface area contributed by atoms with Crippen LogP contribution in [0.5, 0.6) is 5.75 Å². The molecule has 2 heterocycles. The molecule has 0 radical (unpaired) electrons. The van der Waals surface area contributed by atoms with Crippen molar-refractivity contribution in [3.63, 3.8) is 0 Å². The molecule has 0 N–H and O–H groups in total. The predicted molar refractivity (Wildman–Crippen MR) is 108 cm³/mol. The molecule has 0 spiro atoms. The molecule has 144 valence electrons. The van der Waals surface area contributed by atoms with Gasteiger partial charge in [0, 0.05) is 0 Å². The van der Waals surface area contributed by atoms with Crippen molar-refractivity contribution >= 4 is 28.9 Å². The Kier molecular flexibility index (Phi) is 4.66. The second kappa shape index (κ2) is 7.43. The van der Waals surface area contributed by atoms with Gasteiger partial charge in [0.15, 0.2) is 0 Å². The number of methoxy groups -OCH3 is 1. The Balaban J connectivity index is 1.87. The lowest BCUT2D eigenvalue weighted by atomic mass is 10.2. The molecule has 0 amide bonds. The fraction of sp³-hybridized carbons (Fsp3) is 0.0476. The molecule has 0 aliphatic carbocycles. The van der Waals surface area contributed by atoms with Crippen molar-refractivity contribution in [1.82, 2.24) is 9.55 Å². The third kappa shape index (κ3) is 3.51. The van der Waals surface area contributed by atoms with E-state index < -0.39 is 4.92 Å². The summed E-state index contributed by atoms with van der Waals surface area (Å²) < 4.78 is 11.8. The lowest BCUT2D eigenvalue weighted by Gasteiger charge is -2.12. The van der Waals surface area contributed by atoms with E-state index in [9.17, 15) is 14.9 Å². The Morgan fingerprint density at radius 3 is 2.52 bits per heavy atom. The first-order valence-corrected chi connectivity index (χ1v) is 8.65. The smallest absolute Gasteiger partial charge is 0.433 e. The molecule has 0 bridgehead atoms. The Morgan fingerprint density at radius 2 is 1.83 bits per heavy atom. The van der Waals surface area contributed by atoms with E-state index >= 15 is 0 Å². The molecule has 2 aromatic carbocycles. The summed E-state index contributed by atoms with van der Waals surface area (Å²) in [6, 6.07) is 16.8. The van der Waals surface area contributed by atoms with Crippen molar-refractivity contribution in [3.05, 3.63) is 92.7 Å². The zero-order valence-electron chi connectivity index (χ0n) is 15.3. The number of benzene rings is 2.